The highest BCUT2D eigenvalue weighted by Crippen LogP contribution is 2.54. The summed E-state index contributed by atoms with van der Waals surface area (Å²) in [6, 6.07) is 15.3. The summed E-state index contributed by atoms with van der Waals surface area (Å²) in [6.45, 7) is 9.55. The summed E-state index contributed by atoms with van der Waals surface area (Å²) in [5.74, 6) is -2.27. The van der Waals surface area contributed by atoms with E-state index in [-0.39, 0.29) is 29.8 Å². The summed E-state index contributed by atoms with van der Waals surface area (Å²) >= 11 is 2.24. The lowest BCUT2D eigenvalue weighted by atomic mass is 9.83. The van der Waals surface area contributed by atoms with Gasteiger partial charge in [0.05, 0.1) is 23.2 Å². The normalized spacial score (nSPS) is 20.1. The number of benzene rings is 2. The van der Waals surface area contributed by atoms with Gasteiger partial charge >= 0.3 is 10.8 Å². The number of rotatable bonds is 8. The van der Waals surface area contributed by atoms with E-state index in [0.29, 0.717) is 15.6 Å². The number of amides is 2. The number of hydrogen-bond acceptors (Lipinski definition) is 8. The van der Waals surface area contributed by atoms with Crippen molar-refractivity contribution in [2.24, 2.45) is 5.92 Å². The number of carbonyl (C=O) groups is 3. The van der Waals surface area contributed by atoms with Crippen molar-refractivity contribution in [3.8, 4) is 0 Å². The van der Waals surface area contributed by atoms with Crippen LogP contribution in [0.3, 0.4) is 0 Å². The topological polar surface area (TPSA) is 88.9 Å². The van der Waals surface area contributed by atoms with Crippen LogP contribution in [0, 0.1) is 12.8 Å². The third-order valence-electron chi connectivity index (χ3n) is 7.31. The maximum absolute atomic E-state index is 14.0. The van der Waals surface area contributed by atoms with Crippen molar-refractivity contribution in [3.05, 3.63) is 74.2 Å². The Hall–Kier alpha value is -3.37. The molecule has 1 aromatic heterocycles. The Labute approximate surface area is 235 Å². The van der Waals surface area contributed by atoms with Crippen LogP contribution in [0.15, 0.2) is 58.4 Å². The summed E-state index contributed by atoms with van der Waals surface area (Å²) in [7, 11) is 0. The molecule has 0 spiro atoms. The van der Waals surface area contributed by atoms with Crippen molar-refractivity contribution in [2.45, 2.75) is 50.4 Å². The molecule has 0 aliphatic carbocycles. The van der Waals surface area contributed by atoms with Crippen LogP contribution >= 0.6 is 23.1 Å². The predicted octanol–water partition coefficient (Wildman–Crippen LogP) is 4.42. The monoisotopic (exact) mass is 565 g/mol. The molecule has 2 aliphatic rings. The zero-order chi connectivity index (χ0) is 27.8. The summed E-state index contributed by atoms with van der Waals surface area (Å²) in [5, 5.41) is -0.162. The average Bonchev–Trinajstić information content (AvgIpc) is 3.37. The fourth-order valence-electron chi connectivity index (χ4n) is 5.38. The molecule has 3 heterocycles. The molecule has 10 heteroatoms. The minimum atomic E-state index is -0.721. The highest BCUT2D eigenvalue weighted by molar-refractivity contribution is 8.00. The van der Waals surface area contributed by atoms with Gasteiger partial charge in [-0.2, -0.15) is 0 Å². The largest absolute Gasteiger partial charge is 0.465 e. The second kappa shape index (κ2) is 11.0. The molecule has 5 rings (SSSR count). The first-order valence-electron chi connectivity index (χ1n) is 13.1. The lowest BCUT2D eigenvalue weighted by Gasteiger charge is -2.31. The molecule has 204 valence electrons. The van der Waals surface area contributed by atoms with Gasteiger partial charge in [-0.1, -0.05) is 52.9 Å². The van der Waals surface area contributed by atoms with Crippen LogP contribution in [0.2, 0.25) is 0 Å². The van der Waals surface area contributed by atoms with Crippen LogP contribution < -0.4 is 14.7 Å². The number of thiazole rings is 1. The van der Waals surface area contributed by atoms with Gasteiger partial charge in [0.25, 0.3) is 0 Å². The molecular weight excluding hydrogens is 534 g/mol. The lowest BCUT2D eigenvalue weighted by molar-refractivity contribution is -0.144. The average molecular weight is 566 g/mol. The minimum absolute atomic E-state index is 0.206. The van der Waals surface area contributed by atoms with Crippen molar-refractivity contribution in [1.29, 1.82) is 0 Å². The van der Waals surface area contributed by atoms with Gasteiger partial charge in [-0.25, -0.2) is 4.90 Å². The third-order valence-corrected chi connectivity index (χ3v) is 9.92. The molecule has 39 heavy (non-hydrogen) atoms. The number of anilines is 2. The number of thioether (sulfide) groups is 1. The summed E-state index contributed by atoms with van der Waals surface area (Å²) in [5.41, 5.74) is 3.49. The number of fused-ring (bicyclic) bond motifs is 2. The number of aromatic nitrogens is 1. The molecule has 2 aliphatic heterocycles. The molecule has 2 amide bonds. The van der Waals surface area contributed by atoms with Crippen LogP contribution in [0.25, 0.3) is 0 Å². The Morgan fingerprint density at radius 3 is 2.23 bits per heavy atom. The van der Waals surface area contributed by atoms with Gasteiger partial charge in [-0.3, -0.25) is 23.7 Å². The van der Waals surface area contributed by atoms with E-state index < -0.39 is 23.1 Å². The van der Waals surface area contributed by atoms with Crippen LogP contribution in [-0.2, 0) is 25.7 Å². The van der Waals surface area contributed by atoms with E-state index in [1.54, 1.807) is 19.1 Å². The maximum atomic E-state index is 14.0. The first kappa shape index (κ1) is 27.2. The second-order valence-electron chi connectivity index (χ2n) is 9.58. The van der Waals surface area contributed by atoms with Gasteiger partial charge in [0.15, 0.2) is 0 Å². The van der Waals surface area contributed by atoms with E-state index in [4.69, 9.17) is 4.74 Å². The highest BCUT2D eigenvalue weighted by atomic mass is 32.2. The van der Waals surface area contributed by atoms with Crippen LogP contribution in [0.4, 0.5) is 11.4 Å². The number of aryl methyl sites for hydroxylation is 1. The van der Waals surface area contributed by atoms with Crippen LogP contribution in [0.5, 0.6) is 0 Å². The molecule has 1 fully saturated rings. The molecule has 0 saturated carbocycles. The fourth-order valence-corrected chi connectivity index (χ4v) is 8.15. The molecule has 0 radical (unpaired) electrons. The molecule has 0 N–H and O–H groups in total. The van der Waals surface area contributed by atoms with Crippen molar-refractivity contribution in [2.75, 3.05) is 29.5 Å². The Kier molecular flexibility index (Phi) is 7.68. The number of imide groups is 1. The highest BCUT2D eigenvalue weighted by Gasteiger charge is 2.56. The first-order valence-corrected chi connectivity index (χ1v) is 14.8. The quantitative estimate of drug-likeness (QED) is 0.295. The molecule has 1 saturated heterocycles. The zero-order valence-electron chi connectivity index (χ0n) is 22.4. The minimum Gasteiger partial charge on any atom is -0.465 e. The zero-order valence-corrected chi connectivity index (χ0v) is 24.0. The van der Waals surface area contributed by atoms with Gasteiger partial charge in [-0.15, -0.1) is 0 Å². The number of esters is 1. The summed E-state index contributed by atoms with van der Waals surface area (Å²) in [6.07, 6.45) is 0. The molecule has 0 bridgehead atoms. The van der Waals surface area contributed by atoms with Gasteiger partial charge in [0.1, 0.15) is 11.8 Å². The smallest absolute Gasteiger partial charge is 0.326 e. The van der Waals surface area contributed by atoms with Gasteiger partial charge < -0.3 is 9.64 Å². The van der Waals surface area contributed by atoms with Crippen LogP contribution in [-0.4, -0.2) is 47.3 Å². The molecule has 3 aromatic rings. The fraction of sp³-hybridized carbons (Fsp3) is 0.379. The Balaban J connectivity index is 1.62. The van der Waals surface area contributed by atoms with E-state index in [1.165, 1.54) is 21.2 Å². The molecule has 3 atom stereocenters. The van der Waals surface area contributed by atoms with Crippen molar-refractivity contribution in [1.82, 2.24) is 4.57 Å². The number of carbonyl (C=O) groups excluding carboxylic acids is 3. The van der Waals surface area contributed by atoms with E-state index in [0.717, 1.165) is 41.2 Å². The van der Waals surface area contributed by atoms with Crippen LogP contribution in [0.1, 0.15) is 42.7 Å². The molecule has 8 nitrogen and oxygen atoms in total. The van der Waals surface area contributed by atoms with Crippen molar-refractivity contribution >= 4 is 52.3 Å². The van der Waals surface area contributed by atoms with E-state index >= 15 is 0 Å². The summed E-state index contributed by atoms with van der Waals surface area (Å²) in [4.78, 5) is 57.1. The molecular formula is C29H31N3O5S2. The van der Waals surface area contributed by atoms with Crippen molar-refractivity contribution in [3.63, 3.8) is 0 Å². The molecule has 2 aromatic carbocycles. The van der Waals surface area contributed by atoms with Crippen molar-refractivity contribution < 1.29 is 19.1 Å². The van der Waals surface area contributed by atoms with E-state index in [2.05, 4.69) is 18.7 Å². The van der Waals surface area contributed by atoms with Gasteiger partial charge in [0, 0.05) is 29.6 Å². The Morgan fingerprint density at radius 2 is 1.62 bits per heavy atom. The van der Waals surface area contributed by atoms with E-state index in [1.807, 2.05) is 43.3 Å². The standard InChI is InChI=1S/C29H31N3O5S2/c1-5-30(6-2)19-14-10-18(11-15-19)22-23-24(27(35)32(26(23)34)20-12-8-17(4)9-13-20)38-28-25(22)39-29(36)31(28)16-21(33)37-7-3/h8-15,22-24H,5-7,16H2,1-4H3/t22-,23?,24?/m1/s1. The van der Waals surface area contributed by atoms with Gasteiger partial charge in [0.2, 0.25) is 11.8 Å². The number of hydrogen-bond donors (Lipinski definition) is 0. The predicted molar refractivity (Wildman–Crippen MR) is 154 cm³/mol. The number of ether oxygens (including phenoxy) is 1. The third kappa shape index (κ3) is 4.80. The second-order valence-corrected chi connectivity index (χ2v) is 11.7. The Morgan fingerprint density at radius 1 is 0.949 bits per heavy atom. The maximum Gasteiger partial charge on any atom is 0.326 e. The van der Waals surface area contributed by atoms with E-state index in [9.17, 15) is 19.2 Å². The summed E-state index contributed by atoms with van der Waals surface area (Å²) < 4.78 is 6.49. The lowest BCUT2D eigenvalue weighted by Crippen LogP contribution is -2.32. The Bertz CT molecular complexity index is 1460. The first-order chi connectivity index (χ1) is 18.8. The van der Waals surface area contributed by atoms with Gasteiger partial charge in [-0.05, 0) is 57.5 Å². The SMILES string of the molecule is CCOC(=O)Cn1c2c(sc1=O)[C@H](c1ccc(N(CC)CC)cc1)C1C(=O)N(c3ccc(C)cc3)C(=O)C1S2. The number of nitrogens with zero attached hydrogens (tertiary/aromatic N) is 3. The molecule has 2 unspecified atom stereocenters.